The van der Waals surface area contributed by atoms with Crippen molar-refractivity contribution in [3.63, 3.8) is 0 Å². The van der Waals surface area contributed by atoms with E-state index in [2.05, 4.69) is 10.5 Å². The fraction of sp³-hybridized carbons (Fsp3) is 0.222. The van der Waals surface area contributed by atoms with E-state index < -0.39 is 0 Å². The fourth-order valence-electron chi connectivity index (χ4n) is 1.29. The third-order valence-electron chi connectivity index (χ3n) is 1.93. The number of phenols is 1. The highest BCUT2D eigenvalue weighted by molar-refractivity contribution is 5.80. The maximum atomic E-state index is 9.28. The molecule has 1 heterocycles. The van der Waals surface area contributed by atoms with Gasteiger partial charge in [-0.2, -0.15) is 9.89 Å². The minimum Gasteiger partial charge on any atom is -0.508 e. The molecule has 2 rings (SSSR count). The van der Waals surface area contributed by atoms with Crippen LogP contribution >= 0.6 is 0 Å². The van der Waals surface area contributed by atoms with E-state index in [9.17, 15) is 5.11 Å². The predicted octanol–water partition coefficient (Wildman–Crippen LogP) is 0.278. The molecule has 74 valence electrons. The molecule has 0 unspecified atom stereocenters. The summed E-state index contributed by atoms with van der Waals surface area (Å²) < 4.78 is 0. The number of phenolic OH excluding ortho intramolecular Hbond substituents is 1. The first-order valence-corrected chi connectivity index (χ1v) is 4.33. The third-order valence-corrected chi connectivity index (χ3v) is 1.93. The van der Waals surface area contributed by atoms with Crippen molar-refractivity contribution < 1.29 is 10.2 Å². The van der Waals surface area contributed by atoms with Crippen LogP contribution in [-0.2, 0) is 0 Å². The van der Waals surface area contributed by atoms with E-state index in [1.54, 1.807) is 24.4 Å². The zero-order valence-corrected chi connectivity index (χ0v) is 7.51. The van der Waals surface area contributed by atoms with Crippen LogP contribution in [0.1, 0.15) is 0 Å². The van der Waals surface area contributed by atoms with Gasteiger partial charge in [0.15, 0.2) is 0 Å². The Morgan fingerprint density at radius 1 is 1.43 bits per heavy atom. The van der Waals surface area contributed by atoms with Crippen LogP contribution in [0, 0.1) is 0 Å². The SMILES string of the molecule is OCCNn1ncc2ccc(O)cc21. The predicted molar refractivity (Wildman–Crippen MR) is 52.7 cm³/mol. The van der Waals surface area contributed by atoms with Gasteiger partial charge in [-0.3, -0.25) is 0 Å². The summed E-state index contributed by atoms with van der Waals surface area (Å²) in [5.41, 5.74) is 3.68. The summed E-state index contributed by atoms with van der Waals surface area (Å²) in [7, 11) is 0. The second-order valence-corrected chi connectivity index (χ2v) is 2.93. The molecule has 0 bridgehead atoms. The van der Waals surface area contributed by atoms with Gasteiger partial charge in [-0.15, -0.1) is 0 Å². The van der Waals surface area contributed by atoms with Crippen LogP contribution in [0.3, 0.4) is 0 Å². The molecule has 0 radical (unpaired) electrons. The fourth-order valence-corrected chi connectivity index (χ4v) is 1.29. The lowest BCUT2D eigenvalue weighted by Crippen LogP contribution is -2.19. The van der Waals surface area contributed by atoms with Gasteiger partial charge < -0.3 is 15.6 Å². The minimum absolute atomic E-state index is 0.0418. The van der Waals surface area contributed by atoms with Crippen LogP contribution in [0.2, 0.25) is 0 Å². The molecule has 5 heteroatoms. The Bertz CT molecular complexity index is 439. The van der Waals surface area contributed by atoms with Crippen LogP contribution in [0.5, 0.6) is 5.75 Å². The van der Waals surface area contributed by atoms with Gasteiger partial charge in [-0.05, 0) is 12.1 Å². The molecule has 0 aliphatic heterocycles. The lowest BCUT2D eigenvalue weighted by Gasteiger charge is -2.04. The van der Waals surface area contributed by atoms with Crippen molar-refractivity contribution in [1.82, 2.24) is 9.89 Å². The molecular weight excluding hydrogens is 182 g/mol. The topological polar surface area (TPSA) is 70.3 Å². The Morgan fingerprint density at radius 2 is 2.29 bits per heavy atom. The molecule has 0 saturated carbocycles. The van der Waals surface area contributed by atoms with Gasteiger partial charge in [0.2, 0.25) is 0 Å². The zero-order valence-electron chi connectivity index (χ0n) is 7.51. The molecule has 0 spiro atoms. The third kappa shape index (κ3) is 1.49. The van der Waals surface area contributed by atoms with Crippen molar-refractivity contribution in [2.75, 3.05) is 18.6 Å². The number of aliphatic hydroxyl groups is 1. The first-order chi connectivity index (χ1) is 6.81. The standard InChI is InChI=1S/C9H11N3O2/c13-4-3-10-12-9-5-8(14)2-1-7(9)6-11-12/h1-2,5-6,10,13-14H,3-4H2. The minimum atomic E-state index is 0.0418. The summed E-state index contributed by atoms with van der Waals surface area (Å²) >= 11 is 0. The van der Waals surface area contributed by atoms with Crippen molar-refractivity contribution >= 4 is 10.9 Å². The first kappa shape index (κ1) is 8.83. The molecule has 14 heavy (non-hydrogen) atoms. The smallest absolute Gasteiger partial charge is 0.117 e. The summed E-state index contributed by atoms with van der Waals surface area (Å²) in [6.07, 6.45) is 1.69. The van der Waals surface area contributed by atoms with Crippen LogP contribution < -0.4 is 5.43 Å². The van der Waals surface area contributed by atoms with Crippen LogP contribution in [0.25, 0.3) is 10.9 Å². The Labute approximate surface area is 80.6 Å². The number of aromatic hydroxyl groups is 1. The number of aliphatic hydroxyl groups excluding tert-OH is 1. The Hall–Kier alpha value is -1.75. The molecule has 0 aliphatic carbocycles. The average Bonchev–Trinajstić information content (AvgIpc) is 2.57. The summed E-state index contributed by atoms with van der Waals surface area (Å²) in [5, 5.41) is 22.9. The molecule has 0 amide bonds. The number of hydrogen-bond acceptors (Lipinski definition) is 4. The van der Waals surface area contributed by atoms with E-state index in [-0.39, 0.29) is 12.4 Å². The van der Waals surface area contributed by atoms with Gasteiger partial charge in [-0.25, -0.2) is 0 Å². The highest BCUT2D eigenvalue weighted by Crippen LogP contribution is 2.18. The van der Waals surface area contributed by atoms with Gasteiger partial charge in [0, 0.05) is 11.5 Å². The Kier molecular flexibility index (Phi) is 2.24. The molecule has 5 nitrogen and oxygen atoms in total. The van der Waals surface area contributed by atoms with Crippen LogP contribution in [0.4, 0.5) is 0 Å². The zero-order chi connectivity index (χ0) is 9.97. The van der Waals surface area contributed by atoms with Crippen molar-refractivity contribution in [1.29, 1.82) is 0 Å². The second-order valence-electron chi connectivity index (χ2n) is 2.93. The number of benzene rings is 1. The number of nitrogens with zero attached hydrogens (tertiary/aromatic N) is 2. The van der Waals surface area contributed by atoms with Crippen LogP contribution in [-0.4, -0.2) is 33.3 Å². The van der Waals surface area contributed by atoms with E-state index in [1.807, 2.05) is 0 Å². The summed E-state index contributed by atoms with van der Waals surface area (Å²) in [4.78, 5) is 1.53. The largest absolute Gasteiger partial charge is 0.508 e. The van der Waals surface area contributed by atoms with E-state index in [1.165, 1.54) is 4.79 Å². The van der Waals surface area contributed by atoms with E-state index in [0.717, 1.165) is 10.9 Å². The lowest BCUT2D eigenvalue weighted by molar-refractivity contribution is 0.306. The lowest BCUT2D eigenvalue weighted by atomic mass is 10.2. The molecule has 2 aromatic rings. The monoisotopic (exact) mass is 193 g/mol. The van der Waals surface area contributed by atoms with Crippen molar-refractivity contribution in [3.05, 3.63) is 24.4 Å². The quantitative estimate of drug-likeness (QED) is 0.654. The molecule has 3 N–H and O–H groups in total. The molecule has 0 fully saturated rings. The Morgan fingerprint density at radius 3 is 3.07 bits per heavy atom. The molecule has 1 aromatic carbocycles. The van der Waals surface area contributed by atoms with Gasteiger partial charge in [0.1, 0.15) is 5.75 Å². The number of hydrogen-bond donors (Lipinski definition) is 3. The van der Waals surface area contributed by atoms with Crippen molar-refractivity contribution in [2.45, 2.75) is 0 Å². The molecule has 1 aromatic heterocycles. The summed E-state index contributed by atoms with van der Waals surface area (Å²) in [6, 6.07) is 5.02. The van der Waals surface area contributed by atoms with E-state index in [4.69, 9.17) is 5.11 Å². The summed E-state index contributed by atoms with van der Waals surface area (Å²) in [6.45, 7) is 0.465. The Balaban J connectivity index is 2.40. The maximum absolute atomic E-state index is 9.28. The number of rotatable bonds is 3. The van der Waals surface area contributed by atoms with E-state index in [0.29, 0.717) is 6.54 Å². The maximum Gasteiger partial charge on any atom is 0.117 e. The first-order valence-electron chi connectivity index (χ1n) is 4.33. The van der Waals surface area contributed by atoms with Gasteiger partial charge in [-0.1, -0.05) is 0 Å². The van der Waals surface area contributed by atoms with Gasteiger partial charge in [0.25, 0.3) is 0 Å². The van der Waals surface area contributed by atoms with Crippen molar-refractivity contribution in [2.24, 2.45) is 0 Å². The van der Waals surface area contributed by atoms with Gasteiger partial charge >= 0.3 is 0 Å². The highest BCUT2D eigenvalue weighted by atomic mass is 16.3. The summed E-state index contributed by atoms with van der Waals surface area (Å²) in [5.74, 6) is 0.199. The second kappa shape index (κ2) is 3.55. The molecule has 0 saturated heterocycles. The number of fused-ring (bicyclic) bond motifs is 1. The normalized spacial score (nSPS) is 10.6. The van der Waals surface area contributed by atoms with Crippen molar-refractivity contribution in [3.8, 4) is 5.75 Å². The molecular formula is C9H11N3O2. The van der Waals surface area contributed by atoms with E-state index >= 15 is 0 Å². The van der Waals surface area contributed by atoms with Crippen LogP contribution in [0.15, 0.2) is 24.4 Å². The average molecular weight is 193 g/mol. The molecule has 0 atom stereocenters. The van der Waals surface area contributed by atoms with Gasteiger partial charge in [0.05, 0.1) is 24.9 Å². The highest BCUT2D eigenvalue weighted by Gasteiger charge is 2.01. The number of aromatic nitrogens is 2. The molecule has 0 aliphatic rings. The number of nitrogens with one attached hydrogen (secondary N) is 1.